The zero-order chi connectivity index (χ0) is 9.19. The Morgan fingerprint density at radius 1 is 1.67 bits per heavy atom. The summed E-state index contributed by atoms with van der Waals surface area (Å²) in [5.41, 5.74) is 6.76. The summed E-state index contributed by atoms with van der Waals surface area (Å²) >= 11 is 1.61. The first-order valence-corrected chi connectivity index (χ1v) is 4.80. The van der Waals surface area contributed by atoms with Crippen LogP contribution in [0, 0.1) is 0 Å². The molecule has 3 N–H and O–H groups in total. The lowest BCUT2D eigenvalue weighted by Crippen LogP contribution is -2.34. The van der Waals surface area contributed by atoms with E-state index in [1.807, 2.05) is 26.3 Å². The second-order valence-corrected chi connectivity index (χ2v) is 4.42. The predicted molar refractivity (Wildman–Crippen MR) is 53.6 cm³/mol. The van der Waals surface area contributed by atoms with Gasteiger partial charge in [-0.2, -0.15) is 0 Å². The third-order valence-corrected chi connectivity index (χ3v) is 2.31. The van der Waals surface area contributed by atoms with Gasteiger partial charge in [-0.25, -0.2) is 4.98 Å². The molecule has 4 heteroatoms. The smallest absolute Gasteiger partial charge is 0.182 e. The van der Waals surface area contributed by atoms with Crippen molar-refractivity contribution in [1.29, 1.82) is 0 Å². The van der Waals surface area contributed by atoms with Crippen LogP contribution in [-0.4, -0.2) is 17.6 Å². The van der Waals surface area contributed by atoms with Crippen molar-refractivity contribution in [2.45, 2.75) is 25.8 Å². The molecular formula is C8H15N3S. The molecule has 0 bridgehead atoms. The summed E-state index contributed by atoms with van der Waals surface area (Å²) in [6.45, 7) is 4.01. The van der Waals surface area contributed by atoms with E-state index in [1.54, 1.807) is 11.3 Å². The number of anilines is 1. The van der Waals surface area contributed by atoms with Crippen molar-refractivity contribution in [1.82, 2.24) is 4.98 Å². The molecule has 0 atom stereocenters. The van der Waals surface area contributed by atoms with Gasteiger partial charge < -0.3 is 11.1 Å². The van der Waals surface area contributed by atoms with Gasteiger partial charge in [-0.3, -0.25) is 0 Å². The number of aromatic nitrogens is 1. The van der Waals surface area contributed by atoms with Crippen LogP contribution in [0.5, 0.6) is 0 Å². The number of nitrogens with one attached hydrogen (secondary N) is 1. The first-order chi connectivity index (χ1) is 5.51. The zero-order valence-electron chi connectivity index (χ0n) is 7.72. The molecule has 12 heavy (non-hydrogen) atoms. The Hall–Kier alpha value is -0.610. The van der Waals surface area contributed by atoms with Gasteiger partial charge in [0, 0.05) is 24.4 Å². The predicted octanol–water partition coefficient (Wildman–Crippen LogP) is 1.46. The monoisotopic (exact) mass is 185 g/mol. The van der Waals surface area contributed by atoms with E-state index in [0.717, 1.165) is 17.2 Å². The van der Waals surface area contributed by atoms with Crippen LogP contribution in [0.2, 0.25) is 0 Å². The Morgan fingerprint density at radius 3 is 2.75 bits per heavy atom. The fourth-order valence-electron chi connectivity index (χ4n) is 0.970. The van der Waals surface area contributed by atoms with Crippen molar-refractivity contribution >= 4 is 16.5 Å². The number of nitrogens with zero attached hydrogens (tertiary/aromatic N) is 1. The maximum Gasteiger partial charge on any atom is 0.182 e. The van der Waals surface area contributed by atoms with E-state index in [0.29, 0.717) is 0 Å². The van der Waals surface area contributed by atoms with Crippen LogP contribution in [0.4, 0.5) is 5.13 Å². The Labute approximate surface area is 77.0 Å². The highest BCUT2D eigenvalue weighted by atomic mass is 32.1. The fourth-order valence-corrected chi connectivity index (χ4v) is 1.64. The first-order valence-electron chi connectivity index (χ1n) is 3.92. The molecule has 0 amide bonds. The standard InChI is InChI=1S/C8H15N3S/c1-8(2,9)4-6-5-12-7(10-3)11-6/h5H,4,9H2,1-3H3,(H,10,11). The molecule has 1 rings (SSSR count). The van der Waals surface area contributed by atoms with Gasteiger partial charge in [0.2, 0.25) is 0 Å². The summed E-state index contributed by atoms with van der Waals surface area (Å²) in [5, 5.41) is 5.99. The van der Waals surface area contributed by atoms with Crippen LogP contribution < -0.4 is 11.1 Å². The van der Waals surface area contributed by atoms with Crippen molar-refractivity contribution in [2.24, 2.45) is 5.73 Å². The number of thiazole rings is 1. The molecule has 0 saturated carbocycles. The van der Waals surface area contributed by atoms with E-state index < -0.39 is 0 Å². The number of nitrogens with two attached hydrogens (primary N) is 1. The molecule has 0 aliphatic carbocycles. The van der Waals surface area contributed by atoms with Crippen LogP contribution >= 0.6 is 11.3 Å². The largest absolute Gasteiger partial charge is 0.365 e. The summed E-state index contributed by atoms with van der Waals surface area (Å²) < 4.78 is 0. The second kappa shape index (κ2) is 3.41. The quantitative estimate of drug-likeness (QED) is 0.749. The molecule has 1 aromatic heterocycles. The topological polar surface area (TPSA) is 50.9 Å². The fraction of sp³-hybridized carbons (Fsp3) is 0.625. The van der Waals surface area contributed by atoms with E-state index in [1.165, 1.54) is 0 Å². The molecule has 3 nitrogen and oxygen atoms in total. The summed E-state index contributed by atoms with van der Waals surface area (Å²) in [4.78, 5) is 4.34. The lowest BCUT2D eigenvalue weighted by molar-refractivity contribution is 0.511. The summed E-state index contributed by atoms with van der Waals surface area (Å²) in [7, 11) is 1.87. The summed E-state index contributed by atoms with van der Waals surface area (Å²) in [6, 6.07) is 0. The van der Waals surface area contributed by atoms with Crippen LogP contribution in [0.25, 0.3) is 0 Å². The maximum atomic E-state index is 5.86. The molecule has 0 radical (unpaired) electrons. The molecule has 0 unspecified atom stereocenters. The molecule has 68 valence electrons. The van der Waals surface area contributed by atoms with Crippen molar-refractivity contribution < 1.29 is 0 Å². The Kier molecular flexibility index (Phi) is 2.69. The SMILES string of the molecule is CNc1nc(CC(C)(C)N)cs1. The van der Waals surface area contributed by atoms with Gasteiger partial charge in [-0.15, -0.1) is 11.3 Å². The third-order valence-electron chi connectivity index (χ3n) is 1.40. The highest BCUT2D eigenvalue weighted by Crippen LogP contribution is 2.17. The van der Waals surface area contributed by atoms with Gasteiger partial charge in [-0.05, 0) is 13.8 Å². The molecule has 0 aliphatic heterocycles. The molecule has 0 saturated heterocycles. The van der Waals surface area contributed by atoms with Gasteiger partial charge in [-0.1, -0.05) is 0 Å². The lowest BCUT2D eigenvalue weighted by atomic mass is 10.0. The van der Waals surface area contributed by atoms with Crippen molar-refractivity contribution in [2.75, 3.05) is 12.4 Å². The molecule has 0 aromatic carbocycles. The van der Waals surface area contributed by atoms with Crippen LogP contribution in [0.1, 0.15) is 19.5 Å². The first kappa shape index (κ1) is 9.48. The number of hydrogen-bond donors (Lipinski definition) is 2. The number of hydrogen-bond acceptors (Lipinski definition) is 4. The van der Waals surface area contributed by atoms with Crippen LogP contribution in [0.15, 0.2) is 5.38 Å². The van der Waals surface area contributed by atoms with E-state index in [4.69, 9.17) is 5.73 Å². The van der Waals surface area contributed by atoms with Crippen molar-refractivity contribution in [3.8, 4) is 0 Å². The molecular weight excluding hydrogens is 170 g/mol. The second-order valence-electron chi connectivity index (χ2n) is 3.56. The van der Waals surface area contributed by atoms with Gasteiger partial charge >= 0.3 is 0 Å². The normalized spacial score (nSPS) is 11.7. The third kappa shape index (κ3) is 2.79. The lowest BCUT2D eigenvalue weighted by Gasteiger charge is -2.15. The van der Waals surface area contributed by atoms with Crippen LogP contribution in [0.3, 0.4) is 0 Å². The molecule has 1 heterocycles. The average molecular weight is 185 g/mol. The maximum absolute atomic E-state index is 5.86. The highest BCUT2D eigenvalue weighted by Gasteiger charge is 2.13. The van der Waals surface area contributed by atoms with E-state index in [2.05, 4.69) is 10.3 Å². The van der Waals surface area contributed by atoms with Crippen molar-refractivity contribution in [3.05, 3.63) is 11.1 Å². The summed E-state index contributed by atoms with van der Waals surface area (Å²) in [6.07, 6.45) is 0.825. The number of rotatable bonds is 3. The molecule has 1 aromatic rings. The molecule has 0 spiro atoms. The Balaban J connectivity index is 2.64. The van der Waals surface area contributed by atoms with E-state index in [-0.39, 0.29) is 5.54 Å². The van der Waals surface area contributed by atoms with Crippen LogP contribution in [-0.2, 0) is 6.42 Å². The highest BCUT2D eigenvalue weighted by molar-refractivity contribution is 7.13. The van der Waals surface area contributed by atoms with Gasteiger partial charge in [0.1, 0.15) is 0 Å². The molecule has 0 aliphatic rings. The minimum atomic E-state index is -0.168. The summed E-state index contributed by atoms with van der Waals surface area (Å²) in [5.74, 6) is 0. The van der Waals surface area contributed by atoms with Crippen molar-refractivity contribution in [3.63, 3.8) is 0 Å². The molecule has 0 fully saturated rings. The Morgan fingerprint density at radius 2 is 2.33 bits per heavy atom. The average Bonchev–Trinajstić information content (AvgIpc) is 2.32. The zero-order valence-corrected chi connectivity index (χ0v) is 8.53. The van der Waals surface area contributed by atoms with E-state index >= 15 is 0 Å². The minimum absolute atomic E-state index is 0.168. The van der Waals surface area contributed by atoms with E-state index in [9.17, 15) is 0 Å². The van der Waals surface area contributed by atoms with Gasteiger partial charge in [0.25, 0.3) is 0 Å². The Bertz CT molecular complexity index is 249. The van der Waals surface area contributed by atoms with Gasteiger partial charge in [0.15, 0.2) is 5.13 Å². The minimum Gasteiger partial charge on any atom is -0.365 e. The van der Waals surface area contributed by atoms with Gasteiger partial charge in [0.05, 0.1) is 5.69 Å².